The first-order valence-corrected chi connectivity index (χ1v) is 7.99. The number of piperidine rings is 1. The van der Waals surface area contributed by atoms with Crippen LogP contribution in [0.2, 0.25) is 0 Å². The highest BCUT2D eigenvalue weighted by Crippen LogP contribution is 2.27. The van der Waals surface area contributed by atoms with Crippen LogP contribution in [0, 0.1) is 5.92 Å². The summed E-state index contributed by atoms with van der Waals surface area (Å²) in [5.41, 5.74) is 5.58. The molecule has 8 nitrogen and oxygen atoms in total. The number of carbonyl (C=O) groups is 3. The van der Waals surface area contributed by atoms with E-state index >= 15 is 0 Å². The van der Waals surface area contributed by atoms with Gasteiger partial charge in [-0.15, -0.1) is 0 Å². The second-order valence-corrected chi connectivity index (χ2v) is 6.27. The third kappa shape index (κ3) is 3.17. The average Bonchev–Trinajstić information content (AvgIpc) is 2.97. The lowest BCUT2D eigenvalue weighted by Gasteiger charge is -2.37. The normalized spacial score (nSPS) is 22.0. The van der Waals surface area contributed by atoms with Gasteiger partial charge in [-0.3, -0.25) is 14.4 Å². The standard InChI is InChI=1S/C16H20N4O4/c17-15(22)10-1-2-13(18-8-10)19-5-3-12(4-6-19)20-9-11(16(23)24)7-14(20)21/h1-2,8,11-12H,3-7,9H2,(H2,17,22)(H,23,24). The number of hydrogen-bond acceptors (Lipinski definition) is 5. The van der Waals surface area contributed by atoms with Crippen LogP contribution in [0.25, 0.3) is 0 Å². The number of nitrogens with two attached hydrogens (primary N) is 1. The van der Waals surface area contributed by atoms with E-state index in [4.69, 9.17) is 10.8 Å². The van der Waals surface area contributed by atoms with Gasteiger partial charge in [0.15, 0.2) is 0 Å². The van der Waals surface area contributed by atoms with Crippen LogP contribution in [0.3, 0.4) is 0 Å². The Morgan fingerprint density at radius 3 is 2.46 bits per heavy atom. The van der Waals surface area contributed by atoms with Gasteiger partial charge in [-0.1, -0.05) is 0 Å². The van der Waals surface area contributed by atoms with Crippen LogP contribution >= 0.6 is 0 Å². The number of rotatable bonds is 4. The van der Waals surface area contributed by atoms with E-state index in [1.165, 1.54) is 6.20 Å². The number of primary amides is 1. The lowest BCUT2D eigenvalue weighted by atomic mass is 10.0. The molecule has 0 aromatic carbocycles. The molecule has 3 N–H and O–H groups in total. The molecule has 24 heavy (non-hydrogen) atoms. The molecule has 2 aliphatic heterocycles. The van der Waals surface area contributed by atoms with Crippen LogP contribution < -0.4 is 10.6 Å². The van der Waals surface area contributed by atoms with Crippen LogP contribution in [-0.4, -0.2) is 58.5 Å². The Hall–Kier alpha value is -2.64. The van der Waals surface area contributed by atoms with Crippen LogP contribution in [0.15, 0.2) is 18.3 Å². The first-order chi connectivity index (χ1) is 11.5. The maximum absolute atomic E-state index is 12.0. The molecule has 128 valence electrons. The van der Waals surface area contributed by atoms with E-state index in [9.17, 15) is 14.4 Å². The number of carbonyl (C=O) groups excluding carboxylic acids is 2. The molecule has 0 saturated carbocycles. The smallest absolute Gasteiger partial charge is 0.308 e. The fraction of sp³-hybridized carbons (Fsp3) is 0.500. The van der Waals surface area contributed by atoms with E-state index in [2.05, 4.69) is 9.88 Å². The molecular formula is C16H20N4O4. The van der Waals surface area contributed by atoms with Crippen molar-refractivity contribution >= 4 is 23.6 Å². The van der Waals surface area contributed by atoms with Gasteiger partial charge in [-0.25, -0.2) is 4.98 Å². The van der Waals surface area contributed by atoms with Crippen molar-refractivity contribution in [1.29, 1.82) is 0 Å². The molecule has 0 spiro atoms. The molecule has 0 radical (unpaired) electrons. The summed E-state index contributed by atoms with van der Waals surface area (Å²) in [7, 11) is 0. The second kappa shape index (κ2) is 6.46. The number of aliphatic carboxylic acids is 1. The molecular weight excluding hydrogens is 312 g/mol. The Morgan fingerprint density at radius 2 is 1.96 bits per heavy atom. The predicted octanol–water partition coefficient (Wildman–Crippen LogP) is 0.0824. The zero-order valence-corrected chi connectivity index (χ0v) is 13.2. The Labute approximate surface area is 139 Å². The number of amides is 2. The van der Waals surface area contributed by atoms with E-state index in [0.29, 0.717) is 12.1 Å². The molecule has 1 aromatic rings. The van der Waals surface area contributed by atoms with Crippen molar-refractivity contribution < 1.29 is 19.5 Å². The number of anilines is 1. The van der Waals surface area contributed by atoms with Gasteiger partial charge in [0.2, 0.25) is 11.8 Å². The summed E-state index contributed by atoms with van der Waals surface area (Å²) in [5, 5.41) is 9.07. The first-order valence-electron chi connectivity index (χ1n) is 7.99. The summed E-state index contributed by atoms with van der Waals surface area (Å²) in [6.45, 7) is 1.77. The van der Waals surface area contributed by atoms with Gasteiger partial charge in [0.1, 0.15) is 5.82 Å². The average molecular weight is 332 g/mol. The van der Waals surface area contributed by atoms with Gasteiger partial charge in [-0.2, -0.15) is 0 Å². The van der Waals surface area contributed by atoms with E-state index < -0.39 is 17.8 Å². The number of likely N-dealkylation sites (tertiary alicyclic amines) is 1. The van der Waals surface area contributed by atoms with E-state index in [-0.39, 0.29) is 18.4 Å². The number of carboxylic acid groups (broad SMARTS) is 1. The predicted molar refractivity (Wildman–Crippen MR) is 85.4 cm³/mol. The SMILES string of the molecule is NC(=O)c1ccc(N2CCC(N3CC(C(=O)O)CC3=O)CC2)nc1. The van der Waals surface area contributed by atoms with Crippen LogP contribution in [-0.2, 0) is 9.59 Å². The van der Waals surface area contributed by atoms with Crippen LogP contribution in [0.4, 0.5) is 5.82 Å². The Bertz CT molecular complexity index is 653. The van der Waals surface area contributed by atoms with Crippen molar-refractivity contribution in [2.75, 3.05) is 24.5 Å². The fourth-order valence-corrected chi connectivity index (χ4v) is 3.38. The second-order valence-electron chi connectivity index (χ2n) is 6.27. The minimum atomic E-state index is -0.901. The molecule has 2 aliphatic rings. The summed E-state index contributed by atoms with van der Waals surface area (Å²) < 4.78 is 0. The van der Waals surface area contributed by atoms with E-state index in [1.807, 2.05) is 0 Å². The van der Waals surface area contributed by atoms with Gasteiger partial charge in [0.05, 0.1) is 11.5 Å². The third-order valence-corrected chi connectivity index (χ3v) is 4.77. The van der Waals surface area contributed by atoms with Crippen molar-refractivity contribution in [1.82, 2.24) is 9.88 Å². The highest BCUT2D eigenvalue weighted by molar-refractivity contribution is 5.92. The third-order valence-electron chi connectivity index (χ3n) is 4.77. The first kappa shape index (κ1) is 16.2. The van der Waals surface area contributed by atoms with Gasteiger partial charge >= 0.3 is 5.97 Å². The quantitative estimate of drug-likeness (QED) is 0.806. The molecule has 2 amide bonds. The molecule has 0 aliphatic carbocycles. The van der Waals surface area contributed by atoms with Crippen molar-refractivity contribution in [2.45, 2.75) is 25.3 Å². The molecule has 3 heterocycles. The highest BCUT2D eigenvalue weighted by Gasteiger charge is 2.38. The largest absolute Gasteiger partial charge is 0.481 e. The van der Waals surface area contributed by atoms with E-state index in [1.54, 1.807) is 17.0 Å². The Morgan fingerprint density at radius 1 is 1.25 bits per heavy atom. The maximum Gasteiger partial charge on any atom is 0.308 e. The minimum Gasteiger partial charge on any atom is -0.481 e. The molecule has 8 heteroatoms. The summed E-state index contributed by atoms with van der Waals surface area (Å²) in [5.74, 6) is -1.28. The van der Waals surface area contributed by atoms with Crippen molar-refractivity contribution in [3.8, 4) is 0 Å². The lowest BCUT2D eigenvalue weighted by molar-refractivity contribution is -0.141. The number of carboxylic acids is 1. The van der Waals surface area contributed by atoms with Gasteiger partial charge in [0, 0.05) is 38.3 Å². The molecule has 3 rings (SSSR count). The molecule has 1 unspecified atom stereocenters. The van der Waals surface area contributed by atoms with Crippen molar-refractivity contribution in [3.05, 3.63) is 23.9 Å². The molecule has 1 atom stereocenters. The summed E-state index contributed by atoms with van der Waals surface area (Å²) in [6, 6.07) is 3.50. The maximum atomic E-state index is 12.0. The molecule has 2 saturated heterocycles. The van der Waals surface area contributed by atoms with Gasteiger partial charge in [-0.05, 0) is 25.0 Å². The number of hydrogen-bond donors (Lipinski definition) is 2. The van der Waals surface area contributed by atoms with E-state index in [0.717, 1.165) is 31.7 Å². The topological polar surface area (TPSA) is 117 Å². The van der Waals surface area contributed by atoms with Crippen LogP contribution in [0.5, 0.6) is 0 Å². The lowest BCUT2D eigenvalue weighted by Crippen LogP contribution is -2.46. The Balaban J connectivity index is 1.59. The van der Waals surface area contributed by atoms with Crippen molar-refractivity contribution in [2.24, 2.45) is 11.7 Å². The number of pyridine rings is 1. The molecule has 2 fully saturated rings. The number of aromatic nitrogens is 1. The molecule has 1 aromatic heterocycles. The van der Waals surface area contributed by atoms with Crippen LogP contribution in [0.1, 0.15) is 29.6 Å². The fourth-order valence-electron chi connectivity index (χ4n) is 3.38. The monoisotopic (exact) mass is 332 g/mol. The summed E-state index contributed by atoms with van der Waals surface area (Å²) in [6.07, 6.45) is 3.12. The summed E-state index contributed by atoms with van der Waals surface area (Å²) >= 11 is 0. The zero-order chi connectivity index (χ0) is 17.3. The minimum absolute atomic E-state index is 0.0650. The van der Waals surface area contributed by atoms with Gasteiger partial charge < -0.3 is 20.6 Å². The number of nitrogens with zero attached hydrogens (tertiary/aromatic N) is 3. The summed E-state index contributed by atoms with van der Waals surface area (Å²) in [4.78, 5) is 42.2. The Kier molecular flexibility index (Phi) is 4.37. The van der Waals surface area contributed by atoms with Gasteiger partial charge in [0.25, 0.3) is 0 Å². The zero-order valence-electron chi connectivity index (χ0n) is 13.2. The molecule has 0 bridgehead atoms. The highest BCUT2D eigenvalue weighted by atomic mass is 16.4. The van der Waals surface area contributed by atoms with Crippen molar-refractivity contribution in [3.63, 3.8) is 0 Å².